The number of benzene rings is 2. The molecule has 0 aliphatic heterocycles. The highest BCUT2D eigenvalue weighted by atomic mass is 79.9. The second-order valence-electron chi connectivity index (χ2n) is 4.90. The van der Waals surface area contributed by atoms with E-state index in [1.807, 2.05) is 18.2 Å². The van der Waals surface area contributed by atoms with E-state index >= 15 is 0 Å². The highest BCUT2D eigenvalue weighted by Gasteiger charge is 2.09. The number of rotatable bonds is 4. The molecule has 106 valence electrons. The maximum absolute atomic E-state index is 13.3. The first-order valence-electron chi connectivity index (χ1n) is 6.33. The van der Waals surface area contributed by atoms with Gasteiger partial charge in [-0.1, -0.05) is 45.7 Å². The minimum atomic E-state index is -0.266. The molecule has 0 unspecified atom stereocenters. The van der Waals surface area contributed by atoms with Crippen LogP contribution in [0.2, 0.25) is 0 Å². The Bertz CT molecular complexity index is 591. The predicted molar refractivity (Wildman–Crippen MR) is 86.7 cm³/mol. The molecule has 0 atom stereocenters. The van der Waals surface area contributed by atoms with E-state index in [9.17, 15) is 4.39 Å². The third-order valence-corrected chi connectivity index (χ3v) is 3.86. The first-order valence-corrected chi connectivity index (χ1v) is 7.91. The zero-order valence-corrected chi connectivity index (χ0v) is 14.5. The van der Waals surface area contributed by atoms with Crippen molar-refractivity contribution >= 4 is 31.9 Å². The third kappa shape index (κ3) is 4.06. The van der Waals surface area contributed by atoms with Crippen molar-refractivity contribution in [2.75, 3.05) is 0 Å². The molecular weight excluding hydrogens is 387 g/mol. The first kappa shape index (κ1) is 15.5. The van der Waals surface area contributed by atoms with Crippen molar-refractivity contribution < 1.29 is 9.13 Å². The summed E-state index contributed by atoms with van der Waals surface area (Å²) in [6, 6.07) is 10.7. The summed E-state index contributed by atoms with van der Waals surface area (Å²) in [4.78, 5) is 0. The Hall–Kier alpha value is -0.870. The second kappa shape index (κ2) is 6.72. The van der Waals surface area contributed by atoms with Crippen molar-refractivity contribution in [2.45, 2.75) is 26.4 Å². The van der Waals surface area contributed by atoms with Gasteiger partial charge in [0.25, 0.3) is 0 Å². The first-order chi connectivity index (χ1) is 9.45. The van der Waals surface area contributed by atoms with Crippen molar-refractivity contribution in [3.63, 3.8) is 0 Å². The van der Waals surface area contributed by atoms with Gasteiger partial charge in [-0.2, -0.15) is 0 Å². The van der Waals surface area contributed by atoms with Gasteiger partial charge in [0.1, 0.15) is 18.2 Å². The quantitative estimate of drug-likeness (QED) is 0.605. The zero-order valence-electron chi connectivity index (χ0n) is 11.3. The van der Waals surface area contributed by atoms with Crippen LogP contribution in [0.5, 0.6) is 5.75 Å². The van der Waals surface area contributed by atoms with Gasteiger partial charge in [-0.05, 0) is 53.4 Å². The summed E-state index contributed by atoms with van der Waals surface area (Å²) in [5, 5.41) is 0. The van der Waals surface area contributed by atoms with Crippen molar-refractivity contribution in [3.8, 4) is 5.75 Å². The lowest BCUT2D eigenvalue weighted by Crippen LogP contribution is -2.00. The Morgan fingerprint density at radius 3 is 2.45 bits per heavy atom. The number of ether oxygens (including phenoxy) is 1. The van der Waals surface area contributed by atoms with Gasteiger partial charge in [0.2, 0.25) is 0 Å². The van der Waals surface area contributed by atoms with Crippen LogP contribution in [0.25, 0.3) is 0 Å². The van der Waals surface area contributed by atoms with Gasteiger partial charge in [0, 0.05) is 8.95 Å². The topological polar surface area (TPSA) is 9.23 Å². The van der Waals surface area contributed by atoms with Crippen LogP contribution in [0.3, 0.4) is 0 Å². The van der Waals surface area contributed by atoms with Crippen LogP contribution in [0.4, 0.5) is 4.39 Å². The van der Waals surface area contributed by atoms with E-state index in [4.69, 9.17) is 4.74 Å². The summed E-state index contributed by atoms with van der Waals surface area (Å²) >= 11 is 6.75. The Balaban J connectivity index is 2.18. The molecular formula is C16H15Br2FO. The summed E-state index contributed by atoms with van der Waals surface area (Å²) in [6.07, 6.45) is 0. The minimum absolute atomic E-state index is 0.266. The lowest BCUT2D eigenvalue weighted by molar-refractivity contribution is 0.301. The maximum Gasteiger partial charge on any atom is 0.124 e. The molecule has 0 aliphatic rings. The van der Waals surface area contributed by atoms with Gasteiger partial charge < -0.3 is 4.74 Å². The van der Waals surface area contributed by atoms with Gasteiger partial charge >= 0.3 is 0 Å². The SMILES string of the molecule is CC(C)c1cc(Br)ccc1OCc1cc(F)cc(Br)c1. The molecule has 0 aromatic heterocycles. The van der Waals surface area contributed by atoms with Gasteiger partial charge in [-0.3, -0.25) is 0 Å². The van der Waals surface area contributed by atoms with Gasteiger partial charge in [-0.25, -0.2) is 4.39 Å². The number of halogens is 3. The van der Waals surface area contributed by atoms with Crippen LogP contribution < -0.4 is 4.74 Å². The van der Waals surface area contributed by atoms with Crippen LogP contribution in [-0.2, 0) is 6.61 Å². The molecule has 0 saturated heterocycles. The highest BCUT2D eigenvalue weighted by Crippen LogP contribution is 2.30. The summed E-state index contributed by atoms with van der Waals surface area (Å²) in [6.45, 7) is 4.58. The highest BCUT2D eigenvalue weighted by molar-refractivity contribution is 9.10. The average Bonchev–Trinajstić information content (AvgIpc) is 2.36. The zero-order chi connectivity index (χ0) is 14.7. The van der Waals surface area contributed by atoms with E-state index in [-0.39, 0.29) is 5.82 Å². The molecule has 2 rings (SSSR count). The Labute approximate surface area is 135 Å². The Kier molecular flexibility index (Phi) is 5.22. The Morgan fingerprint density at radius 1 is 1.05 bits per heavy atom. The van der Waals surface area contributed by atoms with E-state index in [1.54, 1.807) is 0 Å². The summed E-state index contributed by atoms with van der Waals surface area (Å²) < 4.78 is 20.9. The molecule has 0 heterocycles. The van der Waals surface area contributed by atoms with Gasteiger partial charge in [0.05, 0.1) is 0 Å². The molecule has 0 radical (unpaired) electrons. The van der Waals surface area contributed by atoms with Crippen LogP contribution in [0, 0.1) is 5.82 Å². The van der Waals surface area contributed by atoms with E-state index in [0.29, 0.717) is 12.5 Å². The number of hydrogen-bond acceptors (Lipinski definition) is 1. The summed E-state index contributed by atoms with van der Waals surface area (Å²) in [5.41, 5.74) is 1.93. The van der Waals surface area contributed by atoms with Crippen molar-refractivity contribution in [3.05, 3.63) is 62.3 Å². The fraction of sp³-hybridized carbons (Fsp3) is 0.250. The third-order valence-electron chi connectivity index (χ3n) is 2.91. The minimum Gasteiger partial charge on any atom is -0.489 e. The normalized spacial score (nSPS) is 10.9. The van der Waals surface area contributed by atoms with Gasteiger partial charge in [-0.15, -0.1) is 0 Å². The van der Waals surface area contributed by atoms with E-state index in [0.717, 1.165) is 25.8 Å². The summed E-state index contributed by atoms with van der Waals surface area (Å²) in [5.74, 6) is 0.934. The largest absolute Gasteiger partial charge is 0.489 e. The standard InChI is InChI=1S/C16H15Br2FO/c1-10(2)15-8-12(17)3-4-16(15)20-9-11-5-13(18)7-14(19)6-11/h3-8,10H,9H2,1-2H3. The number of hydrogen-bond donors (Lipinski definition) is 0. The molecule has 0 aliphatic carbocycles. The molecule has 0 amide bonds. The maximum atomic E-state index is 13.3. The van der Waals surface area contributed by atoms with Crippen LogP contribution in [0.1, 0.15) is 30.9 Å². The molecule has 2 aromatic carbocycles. The molecule has 0 bridgehead atoms. The lowest BCUT2D eigenvalue weighted by Gasteiger charge is -2.14. The molecule has 1 nitrogen and oxygen atoms in total. The van der Waals surface area contributed by atoms with Crippen molar-refractivity contribution in [1.82, 2.24) is 0 Å². The fourth-order valence-electron chi connectivity index (χ4n) is 1.96. The predicted octanol–water partition coefficient (Wildman–Crippen LogP) is 6.05. The van der Waals surface area contributed by atoms with Crippen molar-refractivity contribution in [1.29, 1.82) is 0 Å². The molecule has 0 N–H and O–H groups in total. The van der Waals surface area contributed by atoms with E-state index in [1.165, 1.54) is 12.1 Å². The van der Waals surface area contributed by atoms with Crippen LogP contribution >= 0.6 is 31.9 Å². The van der Waals surface area contributed by atoms with E-state index in [2.05, 4.69) is 51.8 Å². The monoisotopic (exact) mass is 400 g/mol. The summed E-state index contributed by atoms with van der Waals surface area (Å²) in [7, 11) is 0. The van der Waals surface area contributed by atoms with Crippen LogP contribution in [-0.4, -0.2) is 0 Å². The molecule has 20 heavy (non-hydrogen) atoms. The molecule has 0 spiro atoms. The van der Waals surface area contributed by atoms with E-state index < -0.39 is 0 Å². The van der Waals surface area contributed by atoms with Gasteiger partial charge in [0.15, 0.2) is 0 Å². The molecule has 4 heteroatoms. The lowest BCUT2D eigenvalue weighted by atomic mass is 10.0. The van der Waals surface area contributed by atoms with Crippen molar-refractivity contribution in [2.24, 2.45) is 0 Å². The fourth-order valence-corrected chi connectivity index (χ4v) is 2.85. The average molecular weight is 402 g/mol. The smallest absolute Gasteiger partial charge is 0.124 e. The van der Waals surface area contributed by atoms with Crippen LogP contribution in [0.15, 0.2) is 45.3 Å². The second-order valence-corrected chi connectivity index (χ2v) is 6.73. The Morgan fingerprint density at radius 2 is 1.80 bits per heavy atom. The molecule has 0 saturated carbocycles. The molecule has 0 fully saturated rings. The molecule has 2 aromatic rings.